The molecule has 0 aromatic heterocycles. The molecule has 6 aromatic carbocycles. The molecule has 10 amide bonds. The number of aromatic hydroxyl groups is 2. The van der Waals surface area contributed by atoms with E-state index in [9.17, 15) is 67.7 Å². The van der Waals surface area contributed by atoms with Gasteiger partial charge in [0.2, 0.25) is 58.8 Å². The number of carbonyl (C=O) groups excluding carboxylic acids is 12. The SMILES string of the molecule is CSCC[C@H](NC(=O)[C@H](CC(C)C)NC(=O)[C@H](C)NC(=O)[C@H](CC(C)C)NC(=O)OCC1c2ccccc2-c2ccccc21)C(=O)NCCNc1ccc(NCCNC(=O)[C@H](CCSC)NC(=O)[C@H](CC(C)C)NC(=O)[C@H](C)NC(=O)[C@H](CC(C)C)NC(=O)OCC2c3ccccc3-c3ccccc32)c2c1C(=O)c1c(O)ccc(O)c1C2=O. The number of ketones is 2. The average Bonchev–Trinajstić information content (AvgIpc) is 1.17. The second-order valence-electron chi connectivity index (χ2n) is 31.7. The zero-order chi connectivity index (χ0) is 85.6. The van der Waals surface area contributed by atoms with Crippen molar-refractivity contribution in [1.82, 2.24) is 53.2 Å². The van der Waals surface area contributed by atoms with Gasteiger partial charge >= 0.3 is 12.2 Å². The van der Waals surface area contributed by atoms with E-state index in [0.29, 0.717) is 11.5 Å². The molecule has 0 saturated carbocycles. The number of fused-ring (bicyclic) bond motifs is 8. The molecule has 0 heterocycles. The van der Waals surface area contributed by atoms with Crippen LogP contribution in [0.4, 0.5) is 21.0 Å². The van der Waals surface area contributed by atoms with Crippen molar-refractivity contribution >= 4 is 106 Å². The number of ether oxygens (including phenoxy) is 2. The third-order valence-corrected chi connectivity index (χ3v) is 22.0. The first-order chi connectivity index (χ1) is 56.4. The number of rotatable bonds is 42. The number of phenolic OH excluding ortho intramolecular Hbond substituents is 2. The van der Waals surface area contributed by atoms with E-state index in [1.165, 1.54) is 49.5 Å². The molecule has 0 bridgehead atoms. The summed E-state index contributed by atoms with van der Waals surface area (Å²) >= 11 is 2.88. The first-order valence-electron chi connectivity index (χ1n) is 40.3. The Kier molecular flexibility index (Phi) is 32.9. The number of hydrogen-bond acceptors (Lipinski definition) is 20. The molecule has 0 radical (unpaired) electrons. The van der Waals surface area contributed by atoms with E-state index < -0.39 is 142 Å². The Hall–Kier alpha value is -11.1. The minimum atomic E-state index is -1.18. The van der Waals surface area contributed by atoms with Crippen molar-refractivity contribution < 1.29 is 77.2 Å². The number of nitrogens with one attached hydrogen (secondary N) is 12. The van der Waals surface area contributed by atoms with Crippen LogP contribution in [0.15, 0.2) is 121 Å². The van der Waals surface area contributed by atoms with E-state index in [-0.39, 0.29) is 136 Å². The number of hydrogen-bond donors (Lipinski definition) is 14. The van der Waals surface area contributed by atoms with Crippen LogP contribution in [-0.2, 0) is 47.8 Å². The zero-order valence-corrected chi connectivity index (χ0v) is 70.6. The lowest BCUT2D eigenvalue weighted by Crippen LogP contribution is -2.58. The van der Waals surface area contributed by atoms with Gasteiger partial charge < -0.3 is 83.5 Å². The summed E-state index contributed by atoms with van der Waals surface area (Å²) in [7, 11) is 0. The van der Waals surface area contributed by atoms with Crippen LogP contribution in [0.3, 0.4) is 0 Å². The van der Waals surface area contributed by atoms with Crippen LogP contribution in [0.1, 0.15) is 174 Å². The topological polar surface area (TPSA) is 408 Å². The highest BCUT2D eigenvalue weighted by Crippen LogP contribution is 2.47. The lowest BCUT2D eigenvalue weighted by Gasteiger charge is -2.26. The summed E-state index contributed by atoms with van der Waals surface area (Å²) in [6.07, 6.45) is 3.20. The molecule has 14 N–H and O–H groups in total. The molecule has 30 heteroatoms. The maximum Gasteiger partial charge on any atom is 0.407 e. The van der Waals surface area contributed by atoms with Crippen molar-refractivity contribution in [2.75, 3.05) is 74.0 Å². The summed E-state index contributed by atoms with van der Waals surface area (Å²) in [5.74, 6) is -7.73. The van der Waals surface area contributed by atoms with Gasteiger partial charge in [-0.05, 0) is 169 Å². The van der Waals surface area contributed by atoms with Gasteiger partial charge in [-0.3, -0.25) is 47.9 Å². The molecule has 0 spiro atoms. The molecule has 6 aromatic rings. The number of alkyl carbamates (subject to hydrolysis) is 2. The molecular formula is C88H112N12O16S2. The van der Waals surface area contributed by atoms with E-state index in [2.05, 4.69) is 63.8 Å². The second kappa shape index (κ2) is 42.8. The fourth-order valence-electron chi connectivity index (χ4n) is 15.0. The van der Waals surface area contributed by atoms with Crippen molar-refractivity contribution in [3.8, 4) is 33.8 Å². The van der Waals surface area contributed by atoms with Crippen molar-refractivity contribution in [3.63, 3.8) is 0 Å². The van der Waals surface area contributed by atoms with Gasteiger partial charge in [0.15, 0.2) is 0 Å². The molecule has 0 aliphatic heterocycles. The lowest BCUT2D eigenvalue weighted by molar-refractivity contribution is -0.134. The monoisotopic (exact) mass is 1660 g/mol. The van der Waals surface area contributed by atoms with Crippen LogP contribution >= 0.6 is 23.5 Å². The maximum absolute atomic E-state index is 14.6. The van der Waals surface area contributed by atoms with Gasteiger partial charge in [-0.15, -0.1) is 0 Å². The van der Waals surface area contributed by atoms with E-state index in [1.54, 1.807) is 0 Å². The van der Waals surface area contributed by atoms with Crippen LogP contribution in [0.5, 0.6) is 11.5 Å². The minimum absolute atomic E-state index is 0.0255. The first kappa shape index (κ1) is 90.8. The quantitative estimate of drug-likeness (QED) is 0.0125. The van der Waals surface area contributed by atoms with Crippen LogP contribution in [0.25, 0.3) is 22.3 Å². The highest BCUT2D eigenvalue weighted by molar-refractivity contribution is 7.98. The predicted octanol–water partition coefficient (Wildman–Crippen LogP) is 9.38. The summed E-state index contributed by atoms with van der Waals surface area (Å²) in [6.45, 7) is 17.7. The summed E-state index contributed by atoms with van der Waals surface area (Å²) in [6, 6.07) is 27.9. The van der Waals surface area contributed by atoms with E-state index in [4.69, 9.17) is 9.47 Å². The minimum Gasteiger partial charge on any atom is -0.507 e. The number of benzene rings is 6. The van der Waals surface area contributed by atoms with Gasteiger partial charge in [0.05, 0.1) is 22.3 Å². The Morgan fingerprint density at radius 1 is 0.347 bits per heavy atom. The standard InChI is InChI=1S/C88H112N12O16S2/c1-47(2)41-67(97-79(105)51(9)93-83(109)69(43-49(5)6)99-87(113)115-45-61-57-25-17-13-21-53(57)54-22-14-18-26-58(54)61)85(111)95-65(33-39-117-11)81(107)91-37-35-89-63-29-30-64(74-73(63)77(103)75-71(101)31-32-72(102)76(75)78(74)104)90-36-38-92-82(108)66(34-40-118-12)96-86(112)68(42-48(3)4)98-80(106)52(10)94-84(110)70(44-50(7)8)100-88(114)116-46-62-59-27-19-15-23-55(59)56-24-16-20-28-60(56)62/h13-32,47-52,61-62,65-70,89-90,101-102H,33-46H2,1-12H3,(H,91,107)(H,92,108)(H,93,109)(H,94,110)(H,95,111)(H,96,112)(H,97,105)(H,98,106)(H,99,113)(H,100,114)/t51-,52-,65-,66-,67-,68-,69-,70-/m0/s1. The Morgan fingerprint density at radius 3 is 0.941 bits per heavy atom. The number of amides is 10. The predicted molar refractivity (Wildman–Crippen MR) is 457 cm³/mol. The molecule has 632 valence electrons. The Labute approximate surface area is 697 Å². The number of carbonyl (C=O) groups is 12. The fourth-order valence-corrected chi connectivity index (χ4v) is 15.9. The number of thioether (sulfide) groups is 2. The molecule has 3 aliphatic rings. The fraction of sp³-hybridized carbons (Fsp3) is 0.455. The van der Waals surface area contributed by atoms with Gasteiger partial charge in [-0.1, -0.05) is 152 Å². The van der Waals surface area contributed by atoms with Gasteiger partial charge in [0.25, 0.3) is 0 Å². The smallest absolute Gasteiger partial charge is 0.407 e. The summed E-state index contributed by atoms with van der Waals surface area (Å²) in [5, 5.41) is 55.9. The largest absolute Gasteiger partial charge is 0.507 e. The zero-order valence-electron chi connectivity index (χ0n) is 69.0. The molecular weight excluding hydrogens is 1550 g/mol. The Morgan fingerprint density at radius 2 is 0.636 bits per heavy atom. The highest BCUT2D eigenvalue weighted by atomic mass is 32.2. The van der Waals surface area contributed by atoms with Crippen LogP contribution in [0.2, 0.25) is 0 Å². The molecule has 118 heavy (non-hydrogen) atoms. The van der Waals surface area contributed by atoms with Crippen molar-refractivity contribution in [2.45, 2.75) is 168 Å². The van der Waals surface area contributed by atoms with Gasteiger partial charge in [0, 0.05) is 49.4 Å². The molecule has 8 atom stereocenters. The van der Waals surface area contributed by atoms with E-state index in [1.807, 2.05) is 165 Å². The molecule has 3 aliphatic carbocycles. The first-order valence-corrected chi connectivity index (χ1v) is 43.1. The van der Waals surface area contributed by atoms with Crippen LogP contribution in [-0.4, -0.2) is 193 Å². The Balaban J connectivity index is 0.778. The number of anilines is 2. The molecule has 28 nitrogen and oxygen atoms in total. The average molecular weight is 1660 g/mol. The summed E-state index contributed by atoms with van der Waals surface area (Å²) < 4.78 is 11.5. The van der Waals surface area contributed by atoms with Gasteiger partial charge in [-0.25, -0.2) is 9.59 Å². The third kappa shape index (κ3) is 23.6. The third-order valence-electron chi connectivity index (χ3n) is 20.7. The summed E-state index contributed by atoms with van der Waals surface area (Å²) in [4.78, 5) is 168. The molecule has 0 unspecified atom stereocenters. The maximum atomic E-state index is 14.6. The second-order valence-corrected chi connectivity index (χ2v) is 33.7. The van der Waals surface area contributed by atoms with Gasteiger partial charge in [-0.2, -0.15) is 23.5 Å². The molecule has 0 saturated heterocycles. The van der Waals surface area contributed by atoms with Crippen molar-refractivity contribution in [3.05, 3.63) is 166 Å². The van der Waals surface area contributed by atoms with Gasteiger partial charge in [0.1, 0.15) is 73.0 Å². The highest BCUT2D eigenvalue weighted by Gasteiger charge is 2.40. The Bertz CT molecular complexity index is 4280. The van der Waals surface area contributed by atoms with E-state index in [0.717, 1.165) is 56.6 Å². The number of phenols is 2. The normalized spacial score (nSPS) is 14.5. The summed E-state index contributed by atoms with van der Waals surface area (Å²) in [5.41, 5.74) is 7.37. The van der Waals surface area contributed by atoms with Crippen molar-refractivity contribution in [2.24, 2.45) is 23.7 Å². The molecule has 9 rings (SSSR count). The van der Waals surface area contributed by atoms with Crippen LogP contribution in [0, 0.1) is 23.7 Å². The lowest BCUT2D eigenvalue weighted by atomic mass is 9.81. The van der Waals surface area contributed by atoms with E-state index >= 15 is 0 Å². The molecule has 0 fully saturated rings. The van der Waals surface area contributed by atoms with Crippen LogP contribution < -0.4 is 63.8 Å². The van der Waals surface area contributed by atoms with Crippen molar-refractivity contribution in [1.29, 1.82) is 0 Å².